The number of rotatable bonds is 5. The maximum atomic E-state index is 13.1. The highest BCUT2D eigenvalue weighted by molar-refractivity contribution is 5.78. The topological polar surface area (TPSA) is 92.7 Å². The average Bonchev–Trinajstić information content (AvgIpc) is 3.50. The number of phenols is 1. The molecule has 3 N–H and O–H groups in total. The number of hydrogen-bond acceptors (Lipinski definition) is 5. The van der Waals surface area contributed by atoms with Crippen LogP contribution >= 0.6 is 0 Å². The van der Waals surface area contributed by atoms with Crippen LogP contribution in [0.4, 0.5) is 0 Å². The Morgan fingerprint density at radius 1 is 1.18 bits per heavy atom. The number of carbonyl (C=O) groups excluding carboxylic acids is 1. The number of phenolic OH excluding ortho intramolecular Hbond substituents is 1. The number of hydrogen-bond donors (Lipinski definition) is 3. The van der Waals surface area contributed by atoms with Gasteiger partial charge in [-0.05, 0) is 87.7 Å². The summed E-state index contributed by atoms with van der Waals surface area (Å²) in [4.78, 5) is 17.5. The molecule has 7 nitrogen and oxygen atoms in total. The molecule has 1 aromatic heterocycles. The lowest BCUT2D eigenvalue weighted by Crippen LogP contribution is -2.68. The predicted molar refractivity (Wildman–Crippen MR) is 126 cm³/mol. The molecule has 0 bridgehead atoms. The fraction of sp³-hybridized carbons (Fsp3) is 0.615. The molecule has 178 valence electrons. The Balaban J connectivity index is 1.49. The number of aromatic amines is 1. The van der Waals surface area contributed by atoms with Crippen LogP contribution in [-0.4, -0.2) is 73.9 Å². The lowest BCUT2D eigenvalue weighted by molar-refractivity contribution is -0.137. The van der Waals surface area contributed by atoms with E-state index in [-0.39, 0.29) is 24.1 Å². The highest BCUT2D eigenvalue weighted by Gasteiger charge is 2.59. The normalized spacial score (nSPS) is 30.6. The number of aromatic nitrogens is 2. The SMILES string of the molecule is Cc1ccc(O)cc1C12CCN(C(=O)Cc3cc[nH]n3)CCC1(O)C(C)N(CC1CC1)CC2. The third-order valence-corrected chi connectivity index (χ3v) is 8.63. The Bertz CT molecular complexity index is 1000. The minimum absolute atomic E-state index is 0.0185. The van der Waals surface area contributed by atoms with E-state index in [9.17, 15) is 15.0 Å². The second kappa shape index (κ2) is 8.44. The van der Waals surface area contributed by atoms with Crippen molar-refractivity contribution in [2.45, 2.75) is 69.4 Å². The Morgan fingerprint density at radius 2 is 1.94 bits per heavy atom. The van der Waals surface area contributed by atoms with Gasteiger partial charge >= 0.3 is 0 Å². The molecule has 2 aliphatic heterocycles. The van der Waals surface area contributed by atoms with Gasteiger partial charge in [-0.25, -0.2) is 0 Å². The third kappa shape index (κ3) is 3.95. The lowest BCUT2D eigenvalue weighted by Gasteiger charge is -2.57. The lowest BCUT2D eigenvalue weighted by atomic mass is 9.57. The average molecular weight is 453 g/mol. The van der Waals surface area contributed by atoms with Crippen LogP contribution in [0.25, 0.3) is 0 Å². The van der Waals surface area contributed by atoms with Gasteiger partial charge in [0.1, 0.15) is 5.75 Å². The van der Waals surface area contributed by atoms with E-state index >= 15 is 0 Å². The van der Waals surface area contributed by atoms with Crippen LogP contribution in [0.2, 0.25) is 0 Å². The molecular weight excluding hydrogens is 416 g/mol. The van der Waals surface area contributed by atoms with Gasteiger partial charge in [-0.1, -0.05) is 6.07 Å². The maximum Gasteiger partial charge on any atom is 0.228 e. The van der Waals surface area contributed by atoms with Crippen molar-refractivity contribution in [1.29, 1.82) is 0 Å². The number of aromatic hydroxyl groups is 1. The second-order valence-corrected chi connectivity index (χ2v) is 10.5. The zero-order valence-corrected chi connectivity index (χ0v) is 19.8. The van der Waals surface area contributed by atoms with Crippen molar-refractivity contribution in [3.8, 4) is 5.75 Å². The molecule has 1 saturated carbocycles. The van der Waals surface area contributed by atoms with E-state index in [0.717, 1.165) is 42.2 Å². The van der Waals surface area contributed by atoms with Crippen LogP contribution < -0.4 is 0 Å². The summed E-state index contributed by atoms with van der Waals surface area (Å²) < 4.78 is 0. The zero-order valence-electron chi connectivity index (χ0n) is 19.8. The number of aliphatic hydroxyl groups is 1. The van der Waals surface area contributed by atoms with Gasteiger partial charge in [-0.2, -0.15) is 5.10 Å². The first-order valence-corrected chi connectivity index (χ1v) is 12.4. The van der Waals surface area contributed by atoms with Crippen molar-refractivity contribution in [2.24, 2.45) is 5.92 Å². The van der Waals surface area contributed by atoms with Crippen molar-refractivity contribution in [3.63, 3.8) is 0 Å². The molecule has 3 unspecified atom stereocenters. The van der Waals surface area contributed by atoms with Crippen molar-refractivity contribution >= 4 is 5.91 Å². The first-order chi connectivity index (χ1) is 15.8. The molecule has 33 heavy (non-hydrogen) atoms. The van der Waals surface area contributed by atoms with Gasteiger partial charge < -0.3 is 15.1 Å². The summed E-state index contributed by atoms with van der Waals surface area (Å²) >= 11 is 0. The Morgan fingerprint density at radius 3 is 2.67 bits per heavy atom. The number of fused-ring (bicyclic) bond motifs is 1. The van der Waals surface area contributed by atoms with Crippen LogP contribution in [0, 0.1) is 12.8 Å². The molecule has 7 heteroatoms. The molecule has 3 atom stereocenters. The number of likely N-dealkylation sites (tertiary alicyclic amines) is 2. The van der Waals surface area contributed by atoms with E-state index in [2.05, 4.69) is 28.9 Å². The summed E-state index contributed by atoms with van der Waals surface area (Å²) in [6.45, 7) is 7.32. The van der Waals surface area contributed by atoms with Crippen LogP contribution in [0.5, 0.6) is 5.75 Å². The number of piperidine rings is 1. The van der Waals surface area contributed by atoms with Gasteiger partial charge in [0.15, 0.2) is 0 Å². The zero-order chi connectivity index (χ0) is 23.2. The summed E-state index contributed by atoms with van der Waals surface area (Å²) in [5, 5.41) is 29.8. The molecule has 2 saturated heterocycles. The quantitative estimate of drug-likeness (QED) is 0.649. The third-order valence-electron chi connectivity index (χ3n) is 8.63. The van der Waals surface area contributed by atoms with Crippen LogP contribution in [0.15, 0.2) is 30.5 Å². The fourth-order valence-electron chi connectivity index (χ4n) is 6.39. The predicted octanol–water partition coefficient (Wildman–Crippen LogP) is 2.76. The van der Waals surface area contributed by atoms with Crippen molar-refractivity contribution in [3.05, 3.63) is 47.3 Å². The summed E-state index contributed by atoms with van der Waals surface area (Å²) in [6, 6.07) is 7.33. The van der Waals surface area contributed by atoms with Crippen molar-refractivity contribution < 1.29 is 15.0 Å². The van der Waals surface area contributed by atoms with E-state index in [4.69, 9.17) is 0 Å². The number of nitrogens with one attached hydrogen (secondary N) is 1. The molecule has 3 aliphatic rings. The Hall–Kier alpha value is -2.38. The van der Waals surface area contributed by atoms with Crippen molar-refractivity contribution in [1.82, 2.24) is 20.0 Å². The second-order valence-electron chi connectivity index (χ2n) is 10.5. The Labute approximate surface area is 195 Å². The molecule has 3 fully saturated rings. The highest BCUT2D eigenvalue weighted by atomic mass is 16.3. The van der Waals surface area contributed by atoms with E-state index in [1.807, 2.05) is 23.1 Å². The summed E-state index contributed by atoms with van der Waals surface area (Å²) in [5.74, 6) is 1.04. The molecule has 3 heterocycles. The van der Waals surface area contributed by atoms with Crippen LogP contribution in [-0.2, 0) is 16.6 Å². The molecule has 1 amide bonds. The molecule has 1 aliphatic carbocycles. The van der Waals surface area contributed by atoms with Gasteiger partial charge in [0.25, 0.3) is 0 Å². The molecule has 1 aromatic carbocycles. The molecule has 2 aromatic rings. The number of amides is 1. The number of benzene rings is 1. The van der Waals surface area contributed by atoms with Crippen LogP contribution in [0.3, 0.4) is 0 Å². The number of nitrogens with zero attached hydrogens (tertiary/aromatic N) is 3. The van der Waals surface area contributed by atoms with Gasteiger partial charge in [-0.3, -0.25) is 14.8 Å². The van der Waals surface area contributed by atoms with Gasteiger partial charge in [-0.15, -0.1) is 0 Å². The van der Waals surface area contributed by atoms with E-state index in [0.29, 0.717) is 25.9 Å². The largest absolute Gasteiger partial charge is 0.508 e. The van der Waals surface area contributed by atoms with E-state index < -0.39 is 11.0 Å². The van der Waals surface area contributed by atoms with E-state index in [1.165, 1.54) is 12.8 Å². The standard InChI is InChI=1S/C26H36N4O3/c1-18-3-6-22(31)16-23(18)25-8-12-29(24(32)15-21-7-11-27-28-21)14-10-26(25,33)19(2)30(13-9-25)17-20-4-5-20/h3,6-7,11,16,19-20,31,33H,4-5,8-10,12-15,17H2,1-2H3,(H,27,28). The van der Waals surface area contributed by atoms with E-state index in [1.54, 1.807) is 12.3 Å². The number of aryl methyl sites for hydroxylation is 1. The Kier molecular flexibility index (Phi) is 5.73. The van der Waals surface area contributed by atoms with Gasteiger partial charge in [0.2, 0.25) is 5.91 Å². The molecule has 0 radical (unpaired) electrons. The molecule has 5 rings (SSSR count). The highest BCUT2D eigenvalue weighted by Crippen LogP contribution is 2.53. The first-order valence-electron chi connectivity index (χ1n) is 12.4. The fourth-order valence-corrected chi connectivity index (χ4v) is 6.39. The maximum absolute atomic E-state index is 13.1. The number of H-pyrrole nitrogens is 1. The number of carbonyl (C=O) groups is 1. The smallest absolute Gasteiger partial charge is 0.228 e. The van der Waals surface area contributed by atoms with Crippen molar-refractivity contribution in [2.75, 3.05) is 26.2 Å². The summed E-state index contributed by atoms with van der Waals surface area (Å²) in [5.41, 5.74) is 1.37. The van der Waals surface area contributed by atoms with Gasteiger partial charge in [0, 0.05) is 37.3 Å². The minimum atomic E-state index is -0.986. The van der Waals surface area contributed by atoms with Crippen LogP contribution in [0.1, 0.15) is 55.8 Å². The summed E-state index contributed by atoms with van der Waals surface area (Å²) in [6.07, 6.45) is 6.61. The summed E-state index contributed by atoms with van der Waals surface area (Å²) in [7, 11) is 0. The monoisotopic (exact) mass is 452 g/mol. The van der Waals surface area contributed by atoms with Gasteiger partial charge in [0.05, 0.1) is 17.7 Å². The molecular formula is C26H36N4O3. The molecule has 0 spiro atoms. The first kappa shape index (κ1) is 22.4. The minimum Gasteiger partial charge on any atom is -0.508 e.